The number of imide groups is 1. The van der Waals surface area contributed by atoms with Gasteiger partial charge in [0.05, 0.1) is 11.0 Å². The summed E-state index contributed by atoms with van der Waals surface area (Å²) in [5.74, 6) is 1.01. The van der Waals surface area contributed by atoms with E-state index in [4.69, 9.17) is 21.0 Å². The largest absolute Gasteiger partial charge is 0.427 e. The number of hydrogen-bond donors (Lipinski definition) is 0. The minimum atomic E-state index is -0.205. The van der Waals surface area contributed by atoms with Gasteiger partial charge in [-0.3, -0.25) is 19.1 Å². The molecule has 0 radical (unpaired) electrons. The number of hydrogen-bond acceptors (Lipinski definition) is 6. The van der Waals surface area contributed by atoms with Gasteiger partial charge in [0, 0.05) is 35.7 Å². The molecule has 0 spiro atoms. The molecule has 1 fully saturated rings. The molecule has 0 atom stereocenters. The number of carbonyl (C=O) groups excluding carboxylic acids is 2. The fourth-order valence-electron chi connectivity index (χ4n) is 3.53. The normalized spacial score (nSPS) is 14.0. The number of benzene rings is 2. The van der Waals surface area contributed by atoms with Crippen molar-refractivity contribution in [1.29, 1.82) is 0 Å². The Hall–Kier alpha value is -3.10. The van der Waals surface area contributed by atoms with Crippen LogP contribution in [0.1, 0.15) is 12.2 Å². The van der Waals surface area contributed by atoms with E-state index in [0.29, 0.717) is 41.2 Å². The van der Waals surface area contributed by atoms with Crippen LogP contribution >= 0.6 is 23.4 Å². The van der Waals surface area contributed by atoms with Crippen LogP contribution in [0.5, 0.6) is 0 Å². The van der Waals surface area contributed by atoms with Crippen LogP contribution in [0, 0.1) is 0 Å². The second-order valence-electron chi connectivity index (χ2n) is 7.04. The number of amides is 2. The summed E-state index contributed by atoms with van der Waals surface area (Å²) >= 11 is 7.21. The number of halogens is 1. The standard InChI is InChI=1S/C22H17ClN4O3S/c23-15-7-5-14(6-8-15)20-18(9-10-19(28)26-11-12-31-22(26)29)30-21(25-20)27-13-24-16-3-1-2-4-17(16)27/h1-8,13H,9-12H2. The van der Waals surface area contributed by atoms with Gasteiger partial charge < -0.3 is 4.42 Å². The van der Waals surface area contributed by atoms with Crippen molar-refractivity contribution in [3.05, 3.63) is 65.6 Å². The lowest BCUT2D eigenvalue weighted by Crippen LogP contribution is -2.30. The minimum absolute atomic E-state index is 0.159. The predicted octanol–water partition coefficient (Wildman–Crippen LogP) is 4.96. The zero-order valence-electron chi connectivity index (χ0n) is 16.3. The lowest BCUT2D eigenvalue weighted by atomic mass is 10.1. The summed E-state index contributed by atoms with van der Waals surface area (Å²) < 4.78 is 7.89. The second-order valence-corrected chi connectivity index (χ2v) is 8.52. The second kappa shape index (κ2) is 8.20. The molecule has 31 heavy (non-hydrogen) atoms. The lowest BCUT2D eigenvalue weighted by Gasteiger charge is -2.11. The molecule has 5 rings (SSSR count). The quantitative estimate of drug-likeness (QED) is 0.425. The van der Waals surface area contributed by atoms with E-state index in [0.717, 1.165) is 16.6 Å². The molecule has 0 N–H and O–H groups in total. The first-order chi connectivity index (χ1) is 15.1. The predicted molar refractivity (Wildman–Crippen MR) is 119 cm³/mol. The van der Waals surface area contributed by atoms with Crippen LogP contribution in [0.25, 0.3) is 28.3 Å². The van der Waals surface area contributed by atoms with Gasteiger partial charge in [0.15, 0.2) is 0 Å². The van der Waals surface area contributed by atoms with Crippen LogP contribution < -0.4 is 0 Å². The first kappa shape index (κ1) is 19.8. The van der Waals surface area contributed by atoms with Crippen LogP contribution in [0.15, 0.2) is 59.3 Å². The number of para-hydroxylation sites is 2. The maximum absolute atomic E-state index is 12.5. The van der Waals surface area contributed by atoms with Crippen molar-refractivity contribution in [1.82, 2.24) is 19.4 Å². The third kappa shape index (κ3) is 3.84. The van der Waals surface area contributed by atoms with Crippen LogP contribution in [0.4, 0.5) is 4.79 Å². The number of carbonyl (C=O) groups is 2. The monoisotopic (exact) mass is 452 g/mol. The van der Waals surface area contributed by atoms with Crippen molar-refractivity contribution in [3.63, 3.8) is 0 Å². The average Bonchev–Trinajstić information content (AvgIpc) is 3.50. The highest BCUT2D eigenvalue weighted by atomic mass is 35.5. The molecule has 3 heterocycles. The molecule has 0 saturated carbocycles. The summed E-state index contributed by atoms with van der Waals surface area (Å²) in [5.41, 5.74) is 3.17. The number of aryl methyl sites for hydroxylation is 1. The van der Waals surface area contributed by atoms with Crippen LogP contribution in [0.3, 0.4) is 0 Å². The molecular weight excluding hydrogens is 436 g/mol. The van der Waals surface area contributed by atoms with Crippen molar-refractivity contribution in [2.75, 3.05) is 12.3 Å². The summed E-state index contributed by atoms with van der Waals surface area (Å²) in [6, 6.07) is 15.4. The third-order valence-electron chi connectivity index (χ3n) is 5.09. The number of oxazole rings is 1. The zero-order chi connectivity index (χ0) is 21.4. The summed E-state index contributed by atoms with van der Waals surface area (Å²) in [6.45, 7) is 0.453. The molecule has 156 valence electrons. The Morgan fingerprint density at radius 2 is 1.97 bits per heavy atom. The zero-order valence-corrected chi connectivity index (χ0v) is 17.9. The Bertz CT molecular complexity index is 1280. The van der Waals surface area contributed by atoms with Gasteiger partial charge in [-0.15, -0.1) is 0 Å². The van der Waals surface area contributed by atoms with E-state index in [-0.39, 0.29) is 17.6 Å². The van der Waals surface area contributed by atoms with Gasteiger partial charge in [0.1, 0.15) is 17.8 Å². The van der Waals surface area contributed by atoms with E-state index < -0.39 is 0 Å². The van der Waals surface area contributed by atoms with Crippen molar-refractivity contribution in [2.24, 2.45) is 0 Å². The summed E-state index contributed by atoms with van der Waals surface area (Å²) in [4.78, 5) is 34.8. The van der Waals surface area contributed by atoms with E-state index in [1.165, 1.54) is 16.7 Å². The lowest BCUT2D eigenvalue weighted by molar-refractivity contribution is -0.127. The van der Waals surface area contributed by atoms with Crippen molar-refractivity contribution < 1.29 is 14.0 Å². The third-order valence-corrected chi connectivity index (χ3v) is 6.20. The summed E-state index contributed by atoms with van der Waals surface area (Å²) in [6.07, 6.45) is 2.15. The Labute approximate surface area is 187 Å². The maximum Gasteiger partial charge on any atom is 0.308 e. The summed E-state index contributed by atoms with van der Waals surface area (Å²) in [7, 11) is 0. The van der Waals surface area contributed by atoms with Gasteiger partial charge in [0.25, 0.3) is 5.24 Å². The number of aromatic nitrogens is 3. The van der Waals surface area contributed by atoms with E-state index in [9.17, 15) is 9.59 Å². The first-order valence-electron chi connectivity index (χ1n) is 9.75. The Balaban J connectivity index is 1.50. The van der Waals surface area contributed by atoms with Crippen molar-refractivity contribution >= 4 is 45.5 Å². The van der Waals surface area contributed by atoms with Crippen molar-refractivity contribution in [2.45, 2.75) is 12.8 Å². The van der Waals surface area contributed by atoms with E-state index in [1.54, 1.807) is 23.0 Å². The molecule has 4 aromatic rings. The van der Waals surface area contributed by atoms with Crippen LogP contribution in [-0.2, 0) is 11.2 Å². The smallest absolute Gasteiger partial charge is 0.308 e. The molecular formula is C22H17ClN4O3S. The van der Waals surface area contributed by atoms with Gasteiger partial charge >= 0.3 is 6.01 Å². The van der Waals surface area contributed by atoms with Crippen LogP contribution in [0.2, 0.25) is 5.02 Å². The molecule has 2 aromatic heterocycles. The Morgan fingerprint density at radius 1 is 1.16 bits per heavy atom. The molecule has 1 saturated heterocycles. The van der Waals surface area contributed by atoms with E-state index >= 15 is 0 Å². The average molecular weight is 453 g/mol. The maximum atomic E-state index is 12.5. The number of thioether (sulfide) groups is 1. The highest BCUT2D eigenvalue weighted by Crippen LogP contribution is 2.29. The Kier molecular flexibility index (Phi) is 5.25. The van der Waals surface area contributed by atoms with E-state index in [2.05, 4.69) is 4.98 Å². The fourth-order valence-corrected chi connectivity index (χ4v) is 4.46. The van der Waals surface area contributed by atoms with Gasteiger partial charge in [-0.1, -0.05) is 47.6 Å². The minimum Gasteiger partial charge on any atom is -0.427 e. The van der Waals surface area contributed by atoms with Gasteiger partial charge in [-0.25, -0.2) is 4.98 Å². The van der Waals surface area contributed by atoms with Crippen LogP contribution in [-0.4, -0.2) is 42.9 Å². The molecule has 7 nitrogen and oxygen atoms in total. The number of nitrogens with zero attached hydrogens (tertiary/aromatic N) is 4. The molecule has 0 aliphatic carbocycles. The van der Waals surface area contributed by atoms with Gasteiger partial charge in [-0.2, -0.15) is 4.98 Å². The molecule has 1 aliphatic rings. The SMILES string of the molecule is O=C(CCc1oc(-n2cnc3ccccc32)nc1-c1ccc(Cl)cc1)N1CCSC1=O. The van der Waals surface area contributed by atoms with Crippen molar-refractivity contribution in [3.8, 4) is 17.3 Å². The van der Waals surface area contributed by atoms with Gasteiger partial charge in [-0.05, 0) is 24.3 Å². The molecule has 2 amide bonds. The molecule has 1 aliphatic heterocycles. The fraction of sp³-hybridized carbons (Fsp3) is 0.182. The van der Waals surface area contributed by atoms with Gasteiger partial charge in [0.2, 0.25) is 5.91 Å². The topological polar surface area (TPSA) is 81.2 Å². The molecule has 0 unspecified atom stereocenters. The molecule has 9 heteroatoms. The number of rotatable bonds is 5. The first-order valence-corrected chi connectivity index (χ1v) is 11.1. The summed E-state index contributed by atoms with van der Waals surface area (Å²) in [5, 5.41) is 0.431. The number of fused-ring (bicyclic) bond motifs is 1. The highest BCUT2D eigenvalue weighted by molar-refractivity contribution is 8.13. The molecule has 2 aromatic carbocycles. The Morgan fingerprint density at radius 3 is 2.74 bits per heavy atom. The molecule has 0 bridgehead atoms. The highest BCUT2D eigenvalue weighted by Gasteiger charge is 2.28. The van der Waals surface area contributed by atoms with E-state index in [1.807, 2.05) is 36.4 Å². The number of imidazole rings is 1.